The molecule has 5 heteroatoms. The number of hydrogen-bond donors (Lipinski definition) is 0. The van der Waals surface area contributed by atoms with Crippen molar-refractivity contribution < 1.29 is 9.53 Å². The lowest BCUT2D eigenvalue weighted by Crippen LogP contribution is -2.34. The van der Waals surface area contributed by atoms with Gasteiger partial charge in [-0.15, -0.1) is 0 Å². The molecule has 3 aromatic rings. The van der Waals surface area contributed by atoms with Crippen LogP contribution in [0.2, 0.25) is 0 Å². The Bertz CT molecular complexity index is 925. The van der Waals surface area contributed by atoms with Gasteiger partial charge >= 0.3 is 0 Å². The van der Waals surface area contributed by atoms with E-state index in [0.29, 0.717) is 25.3 Å². The van der Waals surface area contributed by atoms with E-state index in [1.54, 1.807) is 18.2 Å². The Morgan fingerprint density at radius 1 is 1.19 bits per heavy atom. The second-order valence-electron chi connectivity index (χ2n) is 6.56. The van der Waals surface area contributed by atoms with Crippen molar-refractivity contribution in [2.24, 2.45) is 0 Å². The van der Waals surface area contributed by atoms with Gasteiger partial charge in [-0.25, -0.2) is 0 Å². The van der Waals surface area contributed by atoms with Crippen molar-refractivity contribution in [2.75, 3.05) is 20.3 Å². The molecule has 5 nitrogen and oxygen atoms in total. The van der Waals surface area contributed by atoms with Crippen molar-refractivity contribution in [3.8, 4) is 0 Å². The lowest BCUT2D eigenvalue weighted by molar-refractivity contribution is 0.0679. The van der Waals surface area contributed by atoms with E-state index < -0.39 is 0 Å². The molecule has 0 aliphatic rings. The van der Waals surface area contributed by atoms with Crippen LogP contribution in [0.3, 0.4) is 0 Å². The summed E-state index contributed by atoms with van der Waals surface area (Å²) in [5, 5.41) is 0.897. The van der Waals surface area contributed by atoms with E-state index in [1.165, 1.54) is 5.56 Å². The minimum Gasteiger partial charge on any atom is -0.383 e. The first-order valence-corrected chi connectivity index (χ1v) is 9.20. The Hall–Kier alpha value is -2.79. The van der Waals surface area contributed by atoms with E-state index in [-0.39, 0.29) is 5.91 Å². The Morgan fingerprint density at radius 2 is 2.04 bits per heavy atom. The van der Waals surface area contributed by atoms with Crippen LogP contribution in [-0.2, 0) is 17.7 Å². The molecule has 0 atom stereocenters. The monoisotopic (exact) mass is 363 g/mol. The number of aryl methyl sites for hydroxylation is 2. The van der Waals surface area contributed by atoms with Gasteiger partial charge < -0.3 is 9.64 Å². The molecule has 27 heavy (non-hydrogen) atoms. The van der Waals surface area contributed by atoms with E-state index in [2.05, 4.69) is 29.0 Å². The maximum absolute atomic E-state index is 13.4. The molecular weight excluding hydrogens is 338 g/mol. The number of fused-ring (bicyclic) bond motifs is 1. The fourth-order valence-corrected chi connectivity index (χ4v) is 3.11. The minimum atomic E-state index is -0.0264. The fraction of sp³-hybridized carbons (Fsp3) is 0.318. The standard InChI is InChI=1S/C22H25N3O2/c1-4-17-8-9-21-19(14-17)20(13-16(2)24-21)22(26)25(11-12-27-3)15-18-7-5-6-10-23-18/h5-10,13-14H,4,11-12,15H2,1-3H3. The largest absolute Gasteiger partial charge is 0.383 e. The van der Waals surface area contributed by atoms with E-state index in [1.807, 2.05) is 37.3 Å². The number of ether oxygens (including phenoxy) is 1. The van der Waals surface area contributed by atoms with Crippen LogP contribution in [0.25, 0.3) is 10.9 Å². The van der Waals surface area contributed by atoms with Gasteiger partial charge in [0.25, 0.3) is 5.91 Å². The smallest absolute Gasteiger partial charge is 0.255 e. The number of nitrogens with zero attached hydrogens (tertiary/aromatic N) is 3. The highest BCUT2D eigenvalue weighted by Crippen LogP contribution is 2.22. The Balaban J connectivity index is 2.01. The van der Waals surface area contributed by atoms with Crippen LogP contribution >= 0.6 is 0 Å². The third kappa shape index (κ3) is 4.49. The van der Waals surface area contributed by atoms with Crippen LogP contribution in [0.1, 0.15) is 34.2 Å². The third-order valence-electron chi connectivity index (χ3n) is 4.57. The Morgan fingerprint density at radius 3 is 2.74 bits per heavy atom. The molecule has 0 aliphatic carbocycles. The van der Waals surface area contributed by atoms with Gasteiger partial charge in [0.1, 0.15) is 0 Å². The average Bonchev–Trinajstić information content (AvgIpc) is 2.70. The zero-order chi connectivity index (χ0) is 19.2. The molecule has 3 rings (SSSR count). The van der Waals surface area contributed by atoms with Crippen LogP contribution in [-0.4, -0.2) is 41.0 Å². The van der Waals surface area contributed by atoms with Gasteiger partial charge in [-0.05, 0) is 49.2 Å². The number of carbonyl (C=O) groups excluding carboxylic acids is 1. The molecule has 0 saturated heterocycles. The first-order chi connectivity index (χ1) is 13.1. The molecule has 0 aliphatic heterocycles. The lowest BCUT2D eigenvalue weighted by Gasteiger charge is -2.23. The van der Waals surface area contributed by atoms with Crippen molar-refractivity contribution in [3.05, 3.63) is 71.2 Å². The van der Waals surface area contributed by atoms with E-state index in [4.69, 9.17) is 4.74 Å². The Kier molecular flexibility index (Phi) is 6.14. The van der Waals surface area contributed by atoms with Crippen molar-refractivity contribution >= 4 is 16.8 Å². The second kappa shape index (κ2) is 8.73. The van der Waals surface area contributed by atoms with Crippen molar-refractivity contribution in [1.29, 1.82) is 0 Å². The van der Waals surface area contributed by atoms with Crippen LogP contribution in [0.15, 0.2) is 48.7 Å². The number of benzene rings is 1. The van der Waals surface area contributed by atoms with Gasteiger partial charge in [-0.3, -0.25) is 14.8 Å². The maximum atomic E-state index is 13.4. The summed E-state index contributed by atoms with van der Waals surface area (Å²) in [6.07, 6.45) is 2.66. The van der Waals surface area contributed by atoms with Gasteiger partial charge in [-0.2, -0.15) is 0 Å². The number of hydrogen-bond acceptors (Lipinski definition) is 4. The summed E-state index contributed by atoms with van der Waals surface area (Å²) in [5.41, 5.74) is 4.40. The molecule has 0 unspecified atom stereocenters. The van der Waals surface area contributed by atoms with Crippen LogP contribution in [0.5, 0.6) is 0 Å². The summed E-state index contributed by atoms with van der Waals surface area (Å²) in [5.74, 6) is -0.0264. The molecule has 0 spiro atoms. The lowest BCUT2D eigenvalue weighted by atomic mass is 10.0. The summed E-state index contributed by atoms with van der Waals surface area (Å²) >= 11 is 0. The molecule has 0 bridgehead atoms. The highest BCUT2D eigenvalue weighted by molar-refractivity contribution is 6.06. The summed E-state index contributed by atoms with van der Waals surface area (Å²) in [4.78, 5) is 24.2. The third-order valence-corrected chi connectivity index (χ3v) is 4.57. The van der Waals surface area contributed by atoms with Crippen molar-refractivity contribution in [2.45, 2.75) is 26.8 Å². The number of aromatic nitrogens is 2. The van der Waals surface area contributed by atoms with Gasteiger partial charge in [-0.1, -0.05) is 19.1 Å². The molecule has 1 aromatic carbocycles. The van der Waals surface area contributed by atoms with Gasteiger partial charge in [0.15, 0.2) is 0 Å². The normalized spacial score (nSPS) is 10.9. The molecule has 0 saturated carbocycles. The van der Waals surface area contributed by atoms with Gasteiger partial charge in [0.05, 0.1) is 29.9 Å². The molecule has 140 valence electrons. The second-order valence-corrected chi connectivity index (χ2v) is 6.56. The SMILES string of the molecule is CCc1ccc2nc(C)cc(C(=O)N(CCOC)Cc3ccccn3)c2c1. The van der Waals surface area contributed by atoms with E-state index >= 15 is 0 Å². The van der Waals surface area contributed by atoms with E-state index in [9.17, 15) is 4.79 Å². The van der Waals surface area contributed by atoms with Crippen LogP contribution in [0.4, 0.5) is 0 Å². The van der Waals surface area contributed by atoms with Crippen LogP contribution < -0.4 is 0 Å². The fourth-order valence-electron chi connectivity index (χ4n) is 3.11. The molecule has 1 amide bonds. The highest BCUT2D eigenvalue weighted by Gasteiger charge is 2.20. The van der Waals surface area contributed by atoms with Gasteiger partial charge in [0, 0.05) is 30.9 Å². The minimum absolute atomic E-state index is 0.0264. The molecule has 0 fully saturated rings. The molecule has 2 heterocycles. The molecule has 2 aromatic heterocycles. The average molecular weight is 363 g/mol. The zero-order valence-electron chi connectivity index (χ0n) is 16.1. The van der Waals surface area contributed by atoms with Crippen molar-refractivity contribution in [1.82, 2.24) is 14.9 Å². The molecular formula is C22H25N3O2. The first-order valence-electron chi connectivity index (χ1n) is 9.20. The summed E-state index contributed by atoms with van der Waals surface area (Å²) in [7, 11) is 1.64. The summed E-state index contributed by atoms with van der Waals surface area (Å²) in [6.45, 7) is 5.45. The molecule has 0 radical (unpaired) electrons. The quantitative estimate of drug-likeness (QED) is 0.641. The van der Waals surface area contributed by atoms with Crippen LogP contribution in [0, 0.1) is 6.92 Å². The number of rotatable bonds is 7. The maximum Gasteiger partial charge on any atom is 0.255 e. The number of methoxy groups -OCH3 is 1. The van der Waals surface area contributed by atoms with E-state index in [0.717, 1.165) is 28.7 Å². The number of pyridine rings is 2. The Labute approximate surface area is 160 Å². The van der Waals surface area contributed by atoms with Gasteiger partial charge in [0.2, 0.25) is 0 Å². The predicted octanol–water partition coefficient (Wildman–Crippen LogP) is 3.79. The number of amides is 1. The first kappa shape index (κ1) is 19.0. The number of carbonyl (C=O) groups is 1. The topological polar surface area (TPSA) is 55.3 Å². The zero-order valence-corrected chi connectivity index (χ0v) is 16.1. The van der Waals surface area contributed by atoms with Crippen molar-refractivity contribution in [3.63, 3.8) is 0 Å². The highest BCUT2D eigenvalue weighted by atomic mass is 16.5. The summed E-state index contributed by atoms with van der Waals surface area (Å²) in [6, 6.07) is 13.7. The predicted molar refractivity (Wildman–Crippen MR) is 107 cm³/mol. The molecule has 0 N–H and O–H groups in total. The summed E-state index contributed by atoms with van der Waals surface area (Å²) < 4.78 is 5.22.